The molecular weight excluding hydrogens is 234 g/mol. The Morgan fingerprint density at radius 1 is 1.22 bits per heavy atom. The fraction of sp³-hybridized carbons (Fsp3) is 0.846. The van der Waals surface area contributed by atoms with Gasteiger partial charge in [-0.25, -0.2) is 0 Å². The molecule has 5 nitrogen and oxygen atoms in total. The minimum Gasteiger partial charge on any atom is -0.466 e. The summed E-state index contributed by atoms with van der Waals surface area (Å²) < 4.78 is 9.82. The van der Waals surface area contributed by atoms with Crippen molar-refractivity contribution in [3.05, 3.63) is 0 Å². The summed E-state index contributed by atoms with van der Waals surface area (Å²) >= 11 is 0. The third kappa shape index (κ3) is 8.06. The van der Waals surface area contributed by atoms with Crippen LogP contribution >= 0.6 is 0 Å². The largest absolute Gasteiger partial charge is 0.466 e. The number of methoxy groups -OCH3 is 1. The Morgan fingerprint density at radius 3 is 2.39 bits per heavy atom. The van der Waals surface area contributed by atoms with E-state index in [0.29, 0.717) is 38.6 Å². The van der Waals surface area contributed by atoms with Crippen molar-refractivity contribution < 1.29 is 19.1 Å². The Labute approximate surface area is 109 Å². The molecule has 0 aromatic rings. The van der Waals surface area contributed by atoms with Crippen molar-refractivity contribution in [3.8, 4) is 0 Å². The predicted octanol–water partition coefficient (Wildman–Crippen LogP) is 1.46. The molecule has 0 fully saturated rings. The molecule has 0 atom stereocenters. The van der Waals surface area contributed by atoms with E-state index in [9.17, 15) is 9.59 Å². The summed E-state index contributed by atoms with van der Waals surface area (Å²) in [4.78, 5) is 24.9. The Morgan fingerprint density at radius 2 is 1.89 bits per heavy atom. The lowest BCUT2D eigenvalue weighted by molar-refractivity contribution is -0.144. The molecule has 106 valence electrons. The second kappa shape index (κ2) is 9.88. The zero-order valence-electron chi connectivity index (χ0n) is 11.9. The van der Waals surface area contributed by atoms with Crippen LogP contribution in [-0.2, 0) is 19.1 Å². The van der Waals surface area contributed by atoms with Gasteiger partial charge in [0, 0.05) is 26.6 Å². The molecule has 0 heterocycles. The monoisotopic (exact) mass is 259 g/mol. The molecular formula is C13H25NO4. The fourth-order valence-corrected chi connectivity index (χ4v) is 1.50. The first kappa shape index (κ1) is 16.9. The van der Waals surface area contributed by atoms with Crippen LogP contribution < -0.4 is 0 Å². The maximum atomic E-state index is 11.9. The molecule has 18 heavy (non-hydrogen) atoms. The summed E-state index contributed by atoms with van der Waals surface area (Å²) in [6, 6.07) is 0. The average Bonchev–Trinajstić information content (AvgIpc) is 2.28. The number of rotatable bonds is 9. The first-order valence-corrected chi connectivity index (χ1v) is 6.43. The number of esters is 1. The maximum absolute atomic E-state index is 11.9. The fourth-order valence-electron chi connectivity index (χ4n) is 1.50. The molecule has 0 aliphatic heterocycles. The standard InChI is InChI=1S/C13H25NO4/c1-5-18-13(16)6-7-14(8-9-17-4)12(15)10-11(2)3/h11H,5-10H2,1-4H3. The van der Waals surface area contributed by atoms with Crippen LogP contribution in [0.5, 0.6) is 0 Å². The third-order valence-electron chi connectivity index (χ3n) is 2.39. The van der Waals surface area contributed by atoms with E-state index in [2.05, 4.69) is 0 Å². The van der Waals surface area contributed by atoms with Crippen molar-refractivity contribution in [2.45, 2.75) is 33.6 Å². The van der Waals surface area contributed by atoms with Gasteiger partial charge in [0.1, 0.15) is 0 Å². The van der Waals surface area contributed by atoms with E-state index in [4.69, 9.17) is 9.47 Å². The Hall–Kier alpha value is -1.10. The highest BCUT2D eigenvalue weighted by Crippen LogP contribution is 2.05. The molecule has 0 unspecified atom stereocenters. The van der Waals surface area contributed by atoms with E-state index >= 15 is 0 Å². The summed E-state index contributed by atoms with van der Waals surface area (Å²) in [7, 11) is 1.59. The van der Waals surface area contributed by atoms with Crippen molar-refractivity contribution in [3.63, 3.8) is 0 Å². The molecule has 5 heteroatoms. The smallest absolute Gasteiger partial charge is 0.307 e. The zero-order chi connectivity index (χ0) is 14.0. The Kier molecular flexibility index (Phi) is 9.28. The van der Waals surface area contributed by atoms with Crippen LogP contribution in [0.25, 0.3) is 0 Å². The molecule has 0 saturated heterocycles. The highest BCUT2D eigenvalue weighted by molar-refractivity contribution is 5.77. The van der Waals surface area contributed by atoms with Gasteiger partial charge in [-0.2, -0.15) is 0 Å². The molecule has 0 spiro atoms. The van der Waals surface area contributed by atoms with E-state index in [1.807, 2.05) is 13.8 Å². The number of carbonyl (C=O) groups excluding carboxylic acids is 2. The number of hydrogen-bond acceptors (Lipinski definition) is 4. The maximum Gasteiger partial charge on any atom is 0.307 e. The first-order valence-electron chi connectivity index (χ1n) is 6.43. The van der Waals surface area contributed by atoms with Crippen molar-refractivity contribution in [2.75, 3.05) is 33.4 Å². The number of nitrogens with zero attached hydrogens (tertiary/aromatic N) is 1. The molecule has 0 aliphatic rings. The van der Waals surface area contributed by atoms with Gasteiger partial charge in [0.05, 0.1) is 19.6 Å². The molecule has 1 amide bonds. The lowest BCUT2D eigenvalue weighted by Gasteiger charge is -2.22. The molecule has 0 bridgehead atoms. The summed E-state index contributed by atoms with van der Waals surface area (Å²) in [6.07, 6.45) is 0.730. The van der Waals surface area contributed by atoms with E-state index in [0.717, 1.165) is 0 Å². The lowest BCUT2D eigenvalue weighted by Crippen LogP contribution is -2.36. The van der Waals surface area contributed by atoms with Crippen LogP contribution in [0.15, 0.2) is 0 Å². The SMILES string of the molecule is CCOC(=O)CCN(CCOC)C(=O)CC(C)C. The molecule has 0 N–H and O–H groups in total. The average molecular weight is 259 g/mol. The summed E-state index contributed by atoms with van der Waals surface area (Å²) in [5.74, 6) is 0.105. The first-order chi connectivity index (χ1) is 8.51. The van der Waals surface area contributed by atoms with Crippen LogP contribution in [-0.4, -0.2) is 50.2 Å². The van der Waals surface area contributed by atoms with E-state index in [-0.39, 0.29) is 18.3 Å². The molecule has 0 radical (unpaired) electrons. The summed E-state index contributed by atoms with van der Waals surface area (Å²) in [5.41, 5.74) is 0. The summed E-state index contributed by atoms with van der Waals surface area (Å²) in [6.45, 7) is 7.53. The van der Waals surface area contributed by atoms with Crippen LogP contribution in [0.1, 0.15) is 33.6 Å². The van der Waals surface area contributed by atoms with Gasteiger partial charge >= 0.3 is 5.97 Å². The Balaban J connectivity index is 4.21. The molecule has 0 aromatic carbocycles. The van der Waals surface area contributed by atoms with E-state index in [1.54, 1.807) is 18.9 Å². The highest BCUT2D eigenvalue weighted by atomic mass is 16.5. The van der Waals surface area contributed by atoms with Gasteiger partial charge in [-0.05, 0) is 12.8 Å². The van der Waals surface area contributed by atoms with Crippen LogP contribution in [0.2, 0.25) is 0 Å². The van der Waals surface area contributed by atoms with Crippen LogP contribution in [0, 0.1) is 5.92 Å². The lowest BCUT2D eigenvalue weighted by atomic mass is 10.1. The molecule has 0 rings (SSSR count). The number of amides is 1. The van der Waals surface area contributed by atoms with Gasteiger partial charge in [0.2, 0.25) is 5.91 Å². The van der Waals surface area contributed by atoms with Crippen LogP contribution in [0.3, 0.4) is 0 Å². The quantitative estimate of drug-likeness (QED) is 0.588. The molecule has 0 aliphatic carbocycles. The van der Waals surface area contributed by atoms with Gasteiger partial charge in [-0.15, -0.1) is 0 Å². The predicted molar refractivity (Wildman–Crippen MR) is 69.2 cm³/mol. The van der Waals surface area contributed by atoms with E-state index in [1.165, 1.54) is 0 Å². The minimum absolute atomic E-state index is 0.0614. The van der Waals surface area contributed by atoms with Crippen molar-refractivity contribution in [1.29, 1.82) is 0 Å². The summed E-state index contributed by atoms with van der Waals surface area (Å²) in [5, 5.41) is 0. The zero-order valence-corrected chi connectivity index (χ0v) is 11.9. The minimum atomic E-state index is -0.266. The number of hydrogen-bond donors (Lipinski definition) is 0. The van der Waals surface area contributed by atoms with Gasteiger partial charge in [-0.1, -0.05) is 13.8 Å². The van der Waals surface area contributed by atoms with Crippen molar-refractivity contribution >= 4 is 11.9 Å². The van der Waals surface area contributed by atoms with Gasteiger partial charge in [0.25, 0.3) is 0 Å². The van der Waals surface area contributed by atoms with Gasteiger partial charge in [-0.3, -0.25) is 9.59 Å². The third-order valence-corrected chi connectivity index (χ3v) is 2.39. The van der Waals surface area contributed by atoms with E-state index < -0.39 is 0 Å². The normalized spacial score (nSPS) is 10.5. The second-order valence-electron chi connectivity index (χ2n) is 4.53. The highest BCUT2D eigenvalue weighted by Gasteiger charge is 2.16. The van der Waals surface area contributed by atoms with Crippen molar-refractivity contribution in [2.24, 2.45) is 5.92 Å². The Bertz CT molecular complexity index is 253. The molecule has 0 saturated carbocycles. The number of ether oxygens (including phenoxy) is 2. The van der Waals surface area contributed by atoms with Gasteiger partial charge in [0.15, 0.2) is 0 Å². The topological polar surface area (TPSA) is 55.8 Å². The molecule has 0 aromatic heterocycles. The number of carbonyl (C=O) groups is 2. The van der Waals surface area contributed by atoms with Crippen molar-refractivity contribution in [1.82, 2.24) is 4.90 Å². The second-order valence-corrected chi connectivity index (χ2v) is 4.53. The van der Waals surface area contributed by atoms with Gasteiger partial charge < -0.3 is 14.4 Å². The van der Waals surface area contributed by atoms with Crippen LogP contribution in [0.4, 0.5) is 0 Å².